The monoisotopic (exact) mass is 315 g/mol. The van der Waals surface area contributed by atoms with Crippen LogP contribution in [0, 0.1) is 12.3 Å². The third kappa shape index (κ3) is 2.98. The van der Waals surface area contributed by atoms with Crippen molar-refractivity contribution in [3.05, 3.63) is 23.9 Å². The molecule has 1 aliphatic rings. The molecule has 0 amide bonds. The number of aryl methyl sites for hydroxylation is 1. The zero-order chi connectivity index (χ0) is 16.4. The molecule has 1 aliphatic heterocycles. The smallest absolute Gasteiger partial charge is 0.226 e. The lowest BCUT2D eigenvalue weighted by molar-refractivity contribution is 0.101. The van der Waals surface area contributed by atoms with Crippen LogP contribution in [0.1, 0.15) is 31.9 Å². The Balaban J connectivity index is 1.99. The predicted molar refractivity (Wildman–Crippen MR) is 92.1 cm³/mol. The third-order valence-corrected chi connectivity index (χ3v) is 5.11. The number of benzene rings is 1. The van der Waals surface area contributed by atoms with Gasteiger partial charge in [0.1, 0.15) is 5.75 Å². The van der Waals surface area contributed by atoms with Gasteiger partial charge in [-0.25, -0.2) is 9.97 Å². The van der Waals surface area contributed by atoms with Gasteiger partial charge < -0.3 is 14.7 Å². The minimum absolute atomic E-state index is 0.0289. The molecule has 23 heavy (non-hydrogen) atoms. The fraction of sp³-hybridized carbons (Fsp3) is 0.556. The minimum Gasteiger partial charge on any atom is -0.497 e. The lowest BCUT2D eigenvalue weighted by Crippen LogP contribution is -2.45. The highest BCUT2D eigenvalue weighted by atomic mass is 16.5. The number of hydrogen-bond acceptors (Lipinski definition) is 5. The first-order chi connectivity index (χ1) is 11.1. The second kappa shape index (κ2) is 6.32. The van der Waals surface area contributed by atoms with Crippen LogP contribution in [0.2, 0.25) is 0 Å². The van der Waals surface area contributed by atoms with E-state index in [0.29, 0.717) is 0 Å². The Hall–Kier alpha value is -1.88. The second-order valence-corrected chi connectivity index (χ2v) is 6.53. The topological polar surface area (TPSA) is 58.5 Å². The fourth-order valence-electron chi connectivity index (χ4n) is 3.43. The Bertz CT molecular complexity index is 698. The fourth-order valence-corrected chi connectivity index (χ4v) is 3.43. The van der Waals surface area contributed by atoms with E-state index in [-0.39, 0.29) is 12.0 Å². The number of ether oxygens (including phenoxy) is 1. The molecule has 1 aromatic heterocycles. The van der Waals surface area contributed by atoms with Crippen LogP contribution >= 0.6 is 0 Å². The number of hydrogen-bond donors (Lipinski definition) is 1. The number of aromatic nitrogens is 2. The van der Waals surface area contributed by atoms with Crippen molar-refractivity contribution in [2.75, 3.05) is 31.7 Å². The molecular weight excluding hydrogens is 290 g/mol. The molecule has 1 saturated heterocycles. The summed E-state index contributed by atoms with van der Waals surface area (Å²) in [6.45, 7) is 6.14. The van der Waals surface area contributed by atoms with E-state index in [9.17, 15) is 5.11 Å². The number of rotatable bonds is 4. The van der Waals surface area contributed by atoms with Gasteiger partial charge in [0.2, 0.25) is 5.95 Å². The maximum atomic E-state index is 9.82. The number of aliphatic hydroxyl groups is 1. The maximum absolute atomic E-state index is 9.82. The number of piperidine rings is 1. The molecule has 0 bridgehead atoms. The van der Waals surface area contributed by atoms with Crippen LogP contribution in [0.15, 0.2) is 18.2 Å². The number of anilines is 1. The molecular formula is C18H25N3O2. The first-order valence-electron chi connectivity index (χ1n) is 8.29. The summed E-state index contributed by atoms with van der Waals surface area (Å²) >= 11 is 0. The molecule has 0 saturated carbocycles. The number of methoxy groups -OCH3 is 1. The van der Waals surface area contributed by atoms with Crippen molar-refractivity contribution in [2.24, 2.45) is 5.41 Å². The molecule has 1 unspecified atom stereocenters. The summed E-state index contributed by atoms with van der Waals surface area (Å²) in [4.78, 5) is 11.7. The van der Waals surface area contributed by atoms with Gasteiger partial charge in [-0.2, -0.15) is 0 Å². The lowest BCUT2D eigenvalue weighted by atomic mass is 9.78. The van der Waals surface area contributed by atoms with Crippen LogP contribution in [0.25, 0.3) is 10.9 Å². The van der Waals surface area contributed by atoms with E-state index in [4.69, 9.17) is 14.7 Å². The average Bonchev–Trinajstić information content (AvgIpc) is 2.61. The largest absolute Gasteiger partial charge is 0.497 e. The number of aliphatic hydroxyl groups excluding tert-OH is 1. The predicted octanol–water partition coefficient (Wildman–Crippen LogP) is 2.94. The van der Waals surface area contributed by atoms with E-state index in [1.807, 2.05) is 25.1 Å². The van der Waals surface area contributed by atoms with Crippen molar-refractivity contribution in [1.82, 2.24) is 9.97 Å². The van der Waals surface area contributed by atoms with E-state index in [2.05, 4.69) is 11.8 Å². The SMILES string of the molecule is CCC1(CO)CCCN(c2nc(C)c3ccc(OC)cc3n2)C1. The molecule has 3 rings (SSSR count). The molecule has 0 spiro atoms. The highest BCUT2D eigenvalue weighted by molar-refractivity contribution is 5.83. The minimum atomic E-state index is -0.0289. The zero-order valence-electron chi connectivity index (χ0n) is 14.2. The Morgan fingerprint density at radius 3 is 2.87 bits per heavy atom. The van der Waals surface area contributed by atoms with E-state index >= 15 is 0 Å². The first kappa shape index (κ1) is 16.0. The molecule has 5 heteroatoms. The van der Waals surface area contributed by atoms with Crippen molar-refractivity contribution in [3.8, 4) is 5.75 Å². The summed E-state index contributed by atoms with van der Waals surface area (Å²) < 4.78 is 5.31. The van der Waals surface area contributed by atoms with E-state index in [1.54, 1.807) is 7.11 Å². The molecule has 0 radical (unpaired) electrons. The van der Waals surface area contributed by atoms with E-state index in [1.165, 1.54) is 0 Å². The highest BCUT2D eigenvalue weighted by Crippen LogP contribution is 2.34. The molecule has 2 heterocycles. The van der Waals surface area contributed by atoms with Crippen LogP contribution in [-0.4, -0.2) is 41.9 Å². The maximum Gasteiger partial charge on any atom is 0.226 e. The lowest BCUT2D eigenvalue weighted by Gasteiger charge is -2.41. The summed E-state index contributed by atoms with van der Waals surface area (Å²) in [6.07, 6.45) is 3.10. The Kier molecular flexibility index (Phi) is 4.39. The molecule has 1 atom stereocenters. The van der Waals surface area contributed by atoms with Gasteiger partial charge in [-0.3, -0.25) is 0 Å². The van der Waals surface area contributed by atoms with Crippen molar-refractivity contribution < 1.29 is 9.84 Å². The summed E-state index contributed by atoms with van der Waals surface area (Å²) in [5.41, 5.74) is 1.85. The van der Waals surface area contributed by atoms with E-state index < -0.39 is 0 Å². The summed E-state index contributed by atoms with van der Waals surface area (Å²) in [7, 11) is 1.66. The standard InChI is InChI=1S/C18H25N3O2/c1-4-18(12-22)8-5-9-21(11-18)17-19-13(2)15-7-6-14(23-3)10-16(15)20-17/h6-7,10,22H,4-5,8-9,11-12H2,1-3H3. The first-order valence-corrected chi connectivity index (χ1v) is 8.29. The van der Waals surface area contributed by atoms with Crippen molar-refractivity contribution in [3.63, 3.8) is 0 Å². The molecule has 5 nitrogen and oxygen atoms in total. The second-order valence-electron chi connectivity index (χ2n) is 6.53. The average molecular weight is 315 g/mol. The Morgan fingerprint density at radius 1 is 1.35 bits per heavy atom. The van der Waals surface area contributed by atoms with Gasteiger partial charge in [0.15, 0.2) is 0 Å². The van der Waals surface area contributed by atoms with Gasteiger partial charge in [0.25, 0.3) is 0 Å². The van der Waals surface area contributed by atoms with Gasteiger partial charge in [-0.05, 0) is 38.3 Å². The summed E-state index contributed by atoms with van der Waals surface area (Å²) in [6, 6.07) is 5.90. The van der Waals surface area contributed by atoms with Crippen molar-refractivity contribution in [2.45, 2.75) is 33.1 Å². The van der Waals surface area contributed by atoms with Crippen molar-refractivity contribution >= 4 is 16.9 Å². The zero-order valence-corrected chi connectivity index (χ0v) is 14.2. The molecule has 1 fully saturated rings. The van der Waals surface area contributed by atoms with Crippen LogP contribution in [-0.2, 0) is 0 Å². The van der Waals surface area contributed by atoms with Gasteiger partial charge >= 0.3 is 0 Å². The van der Waals surface area contributed by atoms with E-state index in [0.717, 1.165) is 60.6 Å². The van der Waals surface area contributed by atoms with Gasteiger partial charge in [0.05, 0.1) is 24.9 Å². The van der Waals surface area contributed by atoms with Gasteiger partial charge in [-0.1, -0.05) is 6.92 Å². The molecule has 2 aromatic rings. The molecule has 1 aromatic carbocycles. The number of nitrogens with zero attached hydrogens (tertiary/aromatic N) is 3. The van der Waals surface area contributed by atoms with Crippen LogP contribution in [0.4, 0.5) is 5.95 Å². The molecule has 0 aliphatic carbocycles. The Labute approximate surface area is 137 Å². The van der Waals surface area contributed by atoms with Crippen molar-refractivity contribution in [1.29, 1.82) is 0 Å². The van der Waals surface area contributed by atoms with Crippen LogP contribution in [0.5, 0.6) is 5.75 Å². The quantitative estimate of drug-likeness (QED) is 0.940. The van der Waals surface area contributed by atoms with Gasteiger partial charge in [0, 0.05) is 30.0 Å². The normalized spacial score (nSPS) is 21.7. The van der Waals surface area contributed by atoms with Crippen LogP contribution < -0.4 is 9.64 Å². The summed E-state index contributed by atoms with van der Waals surface area (Å²) in [5, 5.41) is 10.9. The summed E-state index contributed by atoms with van der Waals surface area (Å²) in [5.74, 6) is 1.56. The van der Waals surface area contributed by atoms with Gasteiger partial charge in [-0.15, -0.1) is 0 Å². The Morgan fingerprint density at radius 2 is 2.17 bits per heavy atom. The third-order valence-electron chi connectivity index (χ3n) is 5.11. The molecule has 124 valence electrons. The molecule has 1 N–H and O–H groups in total. The van der Waals surface area contributed by atoms with Crippen LogP contribution in [0.3, 0.4) is 0 Å². The highest BCUT2D eigenvalue weighted by Gasteiger charge is 2.34. The number of fused-ring (bicyclic) bond motifs is 1.